The highest BCUT2D eigenvalue weighted by Gasteiger charge is 2.33. The van der Waals surface area contributed by atoms with Gasteiger partial charge in [-0.2, -0.15) is 24.9 Å². The summed E-state index contributed by atoms with van der Waals surface area (Å²) in [5.74, 6) is 0.354. The molecule has 0 bridgehead atoms. The molecular formula is C9H9ClF3NOS. The molecular weight excluding hydrogens is 263 g/mol. The number of halogens is 4. The van der Waals surface area contributed by atoms with Crippen molar-refractivity contribution in [2.45, 2.75) is 12.3 Å². The molecule has 0 saturated heterocycles. The maximum absolute atomic E-state index is 12.3. The number of aromatic nitrogens is 1. The fourth-order valence-electron chi connectivity index (χ4n) is 1.10. The second-order valence-corrected chi connectivity index (χ2v) is 4.31. The molecule has 1 rings (SSSR count). The van der Waals surface area contributed by atoms with Crippen molar-refractivity contribution in [3.05, 3.63) is 28.5 Å². The first-order chi connectivity index (χ1) is 7.36. The number of aliphatic hydroxyl groups is 1. The molecule has 1 unspecified atom stereocenters. The molecule has 0 aliphatic rings. The lowest BCUT2D eigenvalue weighted by Gasteiger charge is -2.12. The number of hydrogen-bond acceptors (Lipinski definition) is 3. The Morgan fingerprint density at radius 2 is 2.12 bits per heavy atom. The van der Waals surface area contributed by atoms with Gasteiger partial charge in [0.25, 0.3) is 0 Å². The zero-order valence-corrected chi connectivity index (χ0v) is 9.83. The van der Waals surface area contributed by atoms with Crippen LogP contribution in [0.3, 0.4) is 0 Å². The van der Waals surface area contributed by atoms with Crippen molar-refractivity contribution < 1.29 is 18.3 Å². The third-order valence-electron chi connectivity index (χ3n) is 1.85. The van der Waals surface area contributed by atoms with Crippen LogP contribution in [0.15, 0.2) is 12.1 Å². The average Bonchev–Trinajstić information content (AvgIpc) is 2.16. The van der Waals surface area contributed by atoms with Gasteiger partial charge in [-0.25, -0.2) is 4.98 Å². The molecule has 0 saturated carbocycles. The Labute approximate surface area is 99.8 Å². The fourth-order valence-corrected chi connectivity index (χ4v) is 1.87. The highest BCUT2D eigenvalue weighted by molar-refractivity contribution is 7.98. The van der Waals surface area contributed by atoms with Crippen LogP contribution in [0.4, 0.5) is 13.2 Å². The summed E-state index contributed by atoms with van der Waals surface area (Å²) >= 11 is 6.95. The monoisotopic (exact) mass is 271 g/mol. The summed E-state index contributed by atoms with van der Waals surface area (Å²) in [6.45, 7) is 0. The number of aliphatic hydroxyl groups excluding tert-OH is 1. The predicted molar refractivity (Wildman–Crippen MR) is 57.6 cm³/mol. The number of thioether (sulfide) groups is 1. The Bertz CT molecular complexity index is 372. The second-order valence-electron chi connectivity index (χ2n) is 3.05. The highest BCUT2D eigenvalue weighted by atomic mass is 35.5. The Kier molecular flexibility index (Phi) is 4.46. The SMILES string of the molecule is CSCC(O)c1ccc(C(F)(F)F)nc1Cl. The summed E-state index contributed by atoms with van der Waals surface area (Å²) in [5, 5.41) is 9.26. The van der Waals surface area contributed by atoms with Crippen LogP contribution in [0.2, 0.25) is 5.15 Å². The smallest absolute Gasteiger partial charge is 0.387 e. The van der Waals surface area contributed by atoms with Crippen LogP contribution >= 0.6 is 23.4 Å². The average molecular weight is 272 g/mol. The van der Waals surface area contributed by atoms with E-state index in [0.29, 0.717) is 5.75 Å². The van der Waals surface area contributed by atoms with Crippen molar-refractivity contribution >= 4 is 23.4 Å². The molecule has 2 nitrogen and oxygen atoms in total. The molecule has 0 radical (unpaired) electrons. The zero-order chi connectivity index (χ0) is 12.3. The van der Waals surface area contributed by atoms with E-state index in [-0.39, 0.29) is 10.7 Å². The van der Waals surface area contributed by atoms with Crippen LogP contribution in [0.25, 0.3) is 0 Å². The van der Waals surface area contributed by atoms with Gasteiger partial charge in [-0.1, -0.05) is 17.7 Å². The number of rotatable bonds is 3. The predicted octanol–water partition coefficient (Wildman–Crippen LogP) is 3.15. The van der Waals surface area contributed by atoms with E-state index in [9.17, 15) is 18.3 Å². The topological polar surface area (TPSA) is 33.1 Å². The summed E-state index contributed by atoms with van der Waals surface area (Å²) in [7, 11) is 0. The molecule has 0 aliphatic carbocycles. The number of pyridine rings is 1. The first-order valence-electron chi connectivity index (χ1n) is 4.27. The van der Waals surface area contributed by atoms with E-state index in [1.807, 2.05) is 0 Å². The van der Waals surface area contributed by atoms with Crippen molar-refractivity contribution in [1.29, 1.82) is 0 Å². The van der Waals surface area contributed by atoms with E-state index < -0.39 is 18.0 Å². The third kappa shape index (κ3) is 3.26. The number of alkyl halides is 3. The van der Waals surface area contributed by atoms with Crippen LogP contribution < -0.4 is 0 Å². The fraction of sp³-hybridized carbons (Fsp3) is 0.444. The van der Waals surface area contributed by atoms with Crippen molar-refractivity contribution in [3.8, 4) is 0 Å². The normalized spacial score (nSPS) is 13.9. The molecule has 0 fully saturated rings. The lowest BCUT2D eigenvalue weighted by atomic mass is 10.2. The summed E-state index contributed by atoms with van der Waals surface area (Å²) < 4.78 is 36.8. The van der Waals surface area contributed by atoms with Gasteiger partial charge in [0.2, 0.25) is 0 Å². The summed E-state index contributed by atoms with van der Waals surface area (Å²) in [6, 6.07) is 1.96. The second kappa shape index (κ2) is 5.25. The molecule has 0 spiro atoms. The number of nitrogens with zero attached hydrogens (tertiary/aromatic N) is 1. The van der Waals surface area contributed by atoms with Gasteiger partial charge in [0.1, 0.15) is 10.8 Å². The molecule has 1 heterocycles. The van der Waals surface area contributed by atoms with Crippen LogP contribution in [0.5, 0.6) is 0 Å². The van der Waals surface area contributed by atoms with Crippen LogP contribution in [-0.2, 0) is 6.18 Å². The molecule has 0 amide bonds. The van der Waals surface area contributed by atoms with E-state index in [4.69, 9.17) is 11.6 Å². The Morgan fingerprint density at radius 1 is 1.50 bits per heavy atom. The van der Waals surface area contributed by atoms with E-state index in [2.05, 4.69) is 4.98 Å². The van der Waals surface area contributed by atoms with Gasteiger partial charge < -0.3 is 5.11 Å². The minimum absolute atomic E-state index is 0.212. The van der Waals surface area contributed by atoms with Gasteiger partial charge in [-0.15, -0.1) is 0 Å². The van der Waals surface area contributed by atoms with E-state index in [1.54, 1.807) is 6.26 Å². The van der Waals surface area contributed by atoms with E-state index in [1.165, 1.54) is 11.8 Å². The molecule has 16 heavy (non-hydrogen) atoms. The largest absolute Gasteiger partial charge is 0.433 e. The molecule has 1 N–H and O–H groups in total. The summed E-state index contributed by atoms with van der Waals surface area (Å²) in [5.41, 5.74) is -0.846. The van der Waals surface area contributed by atoms with Crippen molar-refractivity contribution in [2.75, 3.05) is 12.0 Å². The standard InChI is InChI=1S/C9H9ClF3NOS/c1-16-4-6(15)5-2-3-7(9(11,12)13)14-8(5)10/h2-3,6,15H,4H2,1H3. The summed E-state index contributed by atoms with van der Waals surface area (Å²) in [4.78, 5) is 3.22. The van der Waals surface area contributed by atoms with Gasteiger partial charge in [0.15, 0.2) is 0 Å². The lowest BCUT2D eigenvalue weighted by molar-refractivity contribution is -0.141. The molecule has 1 aromatic rings. The van der Waals surface area contributed by atoms with E-state index in [0.717, 1.165) is 12.1 Å². The van der Waals surface area contributed by atoms with Gasteiger partial charge in [-0.3, -0.25) is 0 Å². The Hall–Kier alpha value is -0.460. The highest BCUT2D eigenvalue weighted by Crippen LogP contribution is 2.31. The van der Waals surface area contributed by atoms with Gasteiger partial charge in [-0.05, 0) is 12.3 Å². The molecule has 0 aliphatic heterocycles. The molecule has 0 aromatic carbocycles. The van der Waals surface area contributed by atoms with Crippen molar-refractivity contribution in [3.63, 3.8) is 0 Å². The van der Waals surface area contributed by atoms with Gasteiger partial charge in [0, 0.05) is 11.3 Å². The Morgan fingerprint density at radius 3 is 2.56 bits per heavy atom. The first kappa shape index (κ1) is 13.6. The molecule has 1 atom stereocenters. The van der Waals surface area contributed by atoms with Crippen molar-refractivity contribution in [2.24, 2.45) is 0 Å². The van der Waals surface area contributed by atoms with Crippen LogP contribution in [0.1, 0.15) is 17.4 Å². The minimum atomic E-state index is -4.52. The van der Waals surface area contributed by atoms with E-state index >= 15 is 0 Å². The molecule has 7 heteroatoms. The molecule has 1 aromatic heterocycles. The quantitative estimate of drug-likeness (QED) is 0.858. The Balaban J connectivity index is 3.00. The summed E-state index contributed by atoms with van der Waals surface area (Å²) in [6.07, 6.45) is -3.65. The van der Waals surface area contributed by atoms with Gasteiger partial charge >= 0.3 is 6.18 Å². The lowest BCUT2D eigenvalue weighted by Crippen LogP contribution is -2.10. The minimum Gasteiger partial charge on any atom is -0.387 e. The maximum Gasteiger partial charge on any atom is 0.433 e. The first-order valence-corrected chi connectivity index (χ1v) is 6.04. The van der Waals surface area contributed by atoms with Crippen LogP contribution in [-0.4, -0.2) is 22.1 Å². The number of hydrogen-bond donors (Lipinski definition) is 1. The van der Waals surface area contributed by atoms with Gasteiger partial charge in [0.05, 0.1) is 6.10 Å². The molecule has 90 valence electrons. The van der Waals surface area contributed by atoms with Crippen LogP contribution in [0, 0.1) is 0 Å². The maximum atomic E-state index is 12.3. The van der Waals surface area contributed by atoms with Crippen molar-refractivity contribution in [1.82, 2.24) is 4.98 Å². The third-order valence-corrected chi connectivity index (χ3v) is 2.80. The zero-order valence-electron chi connectivity index (χ0n) is 8.25.